The standard InChI is InChI=1S/C15H15N3O3S2/c1-3-11-5-4-6-12(9-11)17-23(20,21)13-10(2)16-15-18(14(13)19)7-8-22-15/h4-9,17H,3H2,1-2H3. The van der Waals surface area contributed by atoms with Gasteiger partial charge in [0, 0.05) is 17.3 Å². The molecule has 0 saturated heterocycles. The largest absolute Gasteiger partial charge is 0.279 e. The highest BCUT2D eigenvalue weighted by molar-refractivity contribution is 7.92. The molecule has 23 heavy (non-hydrogen) atoms. The van der Waals surface area contributed by atoms with Crippen LogP contribution in [0.1, 0.15) is 18.2 Å². The zero-order valence-corrected chi connectivity index (χ0v) is 14.2. The maximum atomic E-state index is 12.6. The second-order valence-corrected chi connectivity index (χ2v) is 7.54. The molecule has 1 N–H and O–H groups in total. The third-order valence-electron chi connectivity index (χ3n) is 3.45. The molecule has 2 aromatic heterocycles. The van der Waals surface area contributed by atoms with Crippen LogP contribution >= 0.6 is 11.3 Å². The summed E-state index contributed by atoms with van der Waals surface area (Å²) in [4.78, 5) is 16.8. The number of aryl methyl sites for hydroxylation is 2. The normalized spacial score (nSPS) is 11.7. The van der Waals surface area contributed by atoms with Crippen molar-refractivity contribution in [3.63, 3.8) is 0 Å². The number of rotatable bonds is 4. The van der Waals surface area contributed by atoms with E-state index in [0.29, 0.717) is 10.6 Å². The highest BCUT2D eigenvalue weighted by Crippen LogP contribution is 2.18. The van der Waals surface area contributed by atoms with Crippen LogP contribution in [0.3, 0.4) is 0 Å². The van der Waals surface area contributed by atoms with Crippen LogP contribution in [-0.4, -0.2) is 17.8 Å². The number of fused-ring (bicyclic) bond motifs is 1. The lowest BCUT2D eigenvalue weighted by molar-refractivity contribution is 0.598. The lowest BCUT2D eigenvalue weighted by atomic mass is 10.1. The van der Waals surface area contributed by atoms with E-state index >= 15 is 0 Å². The van der Waals surface area contributed by atoms with E-state index < -0.39 is 15.6 Å². The summed E-state index contributed by atoms with van der Waals surface area (Å²) in [5.41, 5.74) is 1.04. The van der Waals surface area contributed by atoms with E-state index in [0.717, 1.165) is 12.0 Å². The first kappa shape index (κ1) is 15.7. The quantitative estimate of drug-likeness (QED) is 0.784. The number of sulfonamides is 1. The van der Waals surface area contributed by atoms with Crippen molar-refractivity contribution in [2.45, 2.75) is 25.2 Å². The molecule has 0 aliphatic rings. The van der Waals surface area contributed by atoms with Crippen molar-refractivity contribution in [2.24, 2.45) is 0 Å². The van der Waals surface area contributed by atoms with E-state index in [-0.39, 0.29) is 10.6 Å². The Kier molecular flexibility index (Phi) is 3.95. The summed E-state index contributed by atoms with van der Waals surface area (Å²) in [6.45, 7) is 3.51. The predicted molar refractivity (Wildman–Crippen MR) is 90.7 cm³/mol. The SMILES string of the molecule is CCc1cccc(NS(=O)(=O)c2c(C)nc3sccn3c2=O)c1. The zero-order chi connectivity index (χ0) is 16.6. The van der Waals surface area contributed by atoms with Gasteiger partial charge >= 0.3 is 0 Å². The molecular formula is C15H15N3O3S2. The molecule has 0 spiro atoms. The Labute approximate surface area is 137 Å². The number of anilines is 1. The van der Waals surface area contributed by atoms with Gasteiger partial charge < -0.3 is 0 Å². The fourth-order valence-corrected chi connectivity index (χ4v) is 4.39. The third-order valence-corrected chi connectivity index (χ3v) is 5.72. The molecule has 0 radical (unpaired) electrons. The molecule has 1 aromatic carbocycles. The van der Waals surface area contributed by atoms with Gasteiger partial charge in [-0.05, 0) is 31.0 Å². The first-order valence-electron chi connectivity index (χ1n) is 7.00. The molecule has 0 aliphatic carbocycles. The maximum Gasteiger partial charge on any atom is 0.279 e. The van der Waals surface area contributed by atoms with Crippen LogP contribution in [0.15, 0.2) is 45.5 Å². The van der Waals surface area contributed by atoms with Gasteiger partial charge in [0.1, 0.15) is 0 Å². The number of aromatic nitrogens is 2. The van der Waals surface area contributed by atoms with E-state index in [4.69, 9.17) is 0 Å². The first-order chi connectivity index (χ1) is 10.9. The van der Waals surface area contributed by atoms with Crippen molar-refractivity contribution in [3.05, 3.63) is 57.5 Å². The average molecular weight is 349 g/mol. The maximum absolute atomic E-state index is 12.6. The minimum Gasteiger partial charge on any atom is -0.279 e. The fraction of sp³-hybridized carbons (Fsp3) is 0.200. The van der Waals surface area contributed by atoms with E-state index in [9.17, 15) is 13.2 Å². The Balaban J connectivity index is 2.11. The van der Waals surface area contributed by atoms with E-state index in [1.54, 1.807) is 23.6 Å². The molecule has 3 rings (SSSR count). The zero-order valence-electron chi connectivity index (χ0n) is 12.6. The molecule has 8 heteroatoms. The molecule has 120 valence electrons. The van der Waals surface area contributed by atoms with Crippen LogP contribution in [-0.2, 0) is 16.4 Å². The third kappa shape index (κ3) is 2.87. The first-order valence-corrected chi connectivity index (χ1v) is 9.37. The summed E-state index contributed by atoms with van der Waals surface area (Å²) < 4.78 is 29.0. The van der Waals surface area contributed by atoms with Gasteiger partial charge in [0.05, 0.1) is 5.69 Å². The Morgan fingerprint density at radius 1 is 1.35 bits per heavy atom. The molecule has 0 aliphatic heterocycles. The molecule has 0 saturated carbocycles. The molecule has 0 fully saturated rings. The van der Waals surface area contributed by atoms with E-state index in [1.807, 2.05) is 13.0 Å². The summed E-state index contributed by atoms with van der Waals surface area (Å²) in [5, 5.41) is 1.69. The van der Waals surface area contributed by atoms with Crippen LogP contribution < -0.4 is 10.3 Å². The van der Waals surface area contributed by atoms with Crippen molar-refractivity contribution in [1.82, 2.24) is 9.38 Å². The van der Waals surface area contributed by atoms with Gasteiger partial charge in [0.25, 0.3) is 15.6 Å². The summed E-state index contributed by atoms with van der Waals surface area (Å²) in [6.07, 6.45) is 2.31. The molecule has 3 aromatic rings. The van der Waals surface area contributed by atoms with Gasteiger partial charge in [-0.15, -0.1) is 11.3 Å². The molecule has 0 unspecified atom stereocenters. The molecular weight excluding hydrogens is 334 g/mol. The lowest BCUT2D eigenvalue weighted by Gasteiger charge is -2.10. The predicted octanol–water partition coefficient (Wildman–Crippen LogP) is 2.43. The van der Waals surface area contributed by atoms with Gasteiger partial charge in [0.15, 0.2) is 9.86 Å². The second kappa shape index (κ2) is 5.78. The lowest BCUT2D eigenvalue weighted by Crippen LogP contribution is -2.27. The highest BCUT2D eigenvalue weighted by atomic mass is 32.2. The fourth-order valence-electron chi connectivity index (χ4n) is 2.34. The van der Waals surface area contributed by atoms with E-state index in [1.165, 1.54) is 28.9 Å². The van der Waals surface area contributed by atoms with Crippen molar-refractivity contribution in [3.8, 4) is 0 Å². The Morgan fingerprint density at radius 3 is 2.87 bits per heavy atom. The van der Waals surface area contributed by atoms with Gasteiger partial charge in [-0.1, -0.05) is 19.1 Å². The molecule has 0 bridgehead atoms. The molecule has 6 nitrogen and oxygen atoms in total. The smallest absolute Gasteiger partial charge is 0.279 e. The number of benzene rings is 1. The van der Waals surface area contributed by atoms with Crippen molar-refractivity contribution in [2.75, 3.05) is 4.72 Å². The van der Waals surface area contributed by atoms with Crippen LogP contribution in [0.5, 0.6) is 0 Å². The van der Waals surface area contributed by atoms with Crippen LogP contribution in [0.25, 0.3) is 4.96 Å². The summed E-state index contributed by atoms with van der Waals surface area (Å²) in [7, 11) is -4.01. The van der Waals surface area contributed by atoms with Gasteiger partial charge in [-0.2, -0.15) is 0 Å². The summed E-state index contributed by atoms with van der Waals surface area (Å²) >= 11 is 1.28. The van der Waals surface area contributed by atoms with Crippen molar-refractivity contribution >= 4 is 32.0 Å². The summed E-state index contributed by atoms with van der Waals surface area (Å²) in [6, 6.07) is 7.09. The van der Waals surface area contributed by atoms with E-state index in [2.05, 4.69) is 9.71 Å². The second-order valence-electron chi connectivity index (χ2n) is 5.05. The number of hydrogen-bond acceptors (Lipinski definition) is 5. The van der Waals surface area contributed by atoms with Gasteiger partial charge in [-0.25, -0.2) is 13.4 Å². The van der Waals surface area contributed by atoms with Crippen LogP contribution in [0, 0.1) is 6.92 Å². The number of nitrogens with one attached hydrogen (secondary N) is 1. The highest BCUT2D eigenvalue weighted by Gasteiger charge is 2.24. The summed E-state index contributed by atoms with van der Waals surface area (Å²) in [5.74, 6) is 0. The molecule has 0 amide bonds. The number of nitrogens with zero attached hydrogens (tertiary/aromatic N) is 2. The minimum absolute atomic E-state index is 0.191. The van der Waals surface area contributed by atoms with Gasteiger partial charge in [0.2, 0.25) is 0 Å². The Morgan fingerprint density at radius 2 is 2.13 bits per heavy atom. The molecule has 2 heterocycles. The van der Waals surface area contributed by atoms with Crippen molar-refractivity contribution in [1.29, 1.82) is 0 Å². The van der Waals surface area contributed by atoms with Crippen molar-refractivity contribution < 1.29 is 8.42 Å². The van der Waals surface area contributed by atoms with Crippen LogP contribution in [0.2, 0.25) is 0 Å². The molecule has 0 atom stereocenters. The monoisotopic (exact) mass is 349 g/mol. The topological polar surface area (TPSA) is 80.5 Å². The number of hydrogen-bond donors (Lipinski definition) is 1. The Hall–Kier alpha value is -2.19. The van der Waals surface area contributed by atoms with Crippen LogP contribution in [0.4, 0.5) is 5.69 Å². The number of thiazole rings is 1. The Bertz CT molecular complexity index is 1040. The van der Waals surface area contributed by atoms with Gasteiger partial charge in [-0.3, -0.25) is 13.9 Å². The average Bonchev–Trinajstić information content (AvgIpc) is 2.95. The minimum atomic E-state index is -4.01.